The molecule has 1 aliphatic rings. The molecule has 1 heterocycles. The highest BCUT2D eigenvalue weighted by molar-refractivity contribution is 5.89. The van der Waals surface area contributed by atoms with E-state index in [9.17, 15) is 14.4 Å². The number of amides is 2. The van der Waals surface area contributed by atoms with E-state index in [1.165, 1.54) is 6.92 Å². The molecule has 1 N–H and O–H groups in total. The fourth-order valence-corrected chi connectivity index (χ4v) is 2.51. The molecule has 20 heavy (non-hydrogen) atoms. The fourth-order valence-electron chi connectivity index (χ4n) is 2.51. The van der Waals surface area contributed by atoms with Crippen molar-refractivity contribution in [3.63, 3.8) is 0 Å². The zero-order chi connectivity index (χ0) is 14.5. The molecule has 5 nitrogen and oxygen atoms in total. The van der Waals surface area contributed by atoms with Crippen LogP contribution in [0.25, 0.3) is 0 Å². The lowest BCUT2D eigenvalue weighted by atomic mass is 10.1. The van der Waals surface area contributed by atoms with Crippen LogP contribution in [-0.4, -0.2) is 35.6 Å². The highest BCUT2D eigenvalue weighted by atomic mass is 16.2. The maximum Gasteiger partial charge on any atom is 0.250 e. The monoisotopic (exact) mass is 274 g/mol. The molecule has 1 unspecified atom stereocenters. The Labute approximate surface area is 118 Å². The van der Waals surface area contributed by atoms with Gasteiger partial charge in [-0.05, 0) is 18.4 Å². The minimum Gasteiger partial charge on any atom is -0.341 e. The SMILES string of the molecule is CC(=O)NC(C(=O)N1CCC[C@H]1C=O)c1ccccc1. The average molecular weight is 274 g/mol. The minimum absolute atomic E-state index is 0.221. The van der Waals surface area contributed by atoms with E-state index in [2.05, 4.69) is 5.32 Å². The fraction of sp³-hybridized carbons (Fsp3) is 0.400. The molecule has 1 saturated heterocycles. The molecule has 2 amide bonds. The summed E-state index contributed by atoms with van der Waals surface area (Å²) in [6, 6.07) is 7.98. The third-order valence-corrected chi connectivity index (χ3v) is 3.47. The molecule has 0 aromatic heterocycles. The summed E-state index contributed by atoms with van der Waals surface area (Å²) >= 11 is 0. The van der Waals surface area contributed by atoms with E-state index in [1.54, 1.807) is 17.0 Å². The molecular formula is C15H18N2O3. The Bertz CT molecular complexity index is 501. The van der Waals surface area contributed by atoms with Gasteiger partial charge in [-0.25, -0.2) is 0 Å². The zero-order valence-electron chi connectivity index (χ0n) is 11.4. The van der Waals surface area contributed by atoms with Crippen molar-refractivity contribution in [3.05, 3.63) is 35.9 Å². The van der Waals surface area contributed by atoms with Gasteiger partial charge in [-0.2, -0.15) is 0 Å². The highest BCUT2D eigenvalue weighted by Gasteiger charge is 2.33. The van der Waals surface area contributed by atoms with Crippen LogP contribution < -0.4 is 5.32 Å². The normalized spacial score (nSPS) is 19.4. The lowest BCUT2D eigenvalue weighted by Crippen LogP contribution is -2.45. The Morgan fingerprint density at radius 3 is 2.65 bits per heavy atom. The summed E-state index contributed by atoms with van der Waals surface area (Å²) in [5.74, 6) is -0.491. The summed E-state index contributed by atoms with van der Waals surface area (Å²) < 4.78 is 0. The smallest absolute Gasteiger partial charge is 0.250 e. The van der Waals surface area contributed by atoms with Gasteiger partial charge >= 0.3 is 0 Å². The van der Waals surface area contributed by atoms with E-state index in [-0.39, 0.29) is 17.9 Å². The molecule has 0 spiro atoms. The van der Waals surface area contributed by atoms with Crippen molar-refractivity contribution in [1.29, 1.82) is 0 Å². The van der Waals surface area contributed by atoms with Gasteiger partial charge in [-0.1, -0.05) is 30.3 Å². The van der Waals surface area contributed by atoms with Crippen LogP contribution >= 0.6 is 0 Å². The number of rotatable bonds is 4. The Balaban J connectivity index is 2.24. The van der Waals surface area contributed by atoms with E-state index < -0.39 is 6.04 Å². The molecule has 1 aliphatic heterocycles. The Morgan fingerprint density at radius 1 is 1.35 bits per heavy atom. The highest BCUT2D eigenvalue weighted by Crippen LogP contribution is 2.22. The summed E-state index contributed by atoms with van der Waals surface area (Å²) in [6.07, 6.45) is 2.31. The molecule has 106 valence electrons. The molecule has 0 saturated carbocycles. The largest absolute Gasteiger partial charge is 0.341 e. The van der Waals surface area contributed by atoms with Crippen LogP contribution in [0.3, 0.4) is 0 Å². The molecule has 0 radical (unpaired) electrons. The Hall–Kier alpha value is -2.17. The van der Waals surface area contributed by atoms with Gasteiger partial charge in [0.2, 0.25) is 11.8 Å². The standard InChI is InChI=1S/C15H18N2O3/c1-11(19)16-14(12-6-3-2-4-7-12)15(20)17-9-5-8-13(17)10-18/h2-4,6-7,10,13-14H,5,8-9H2,1H3,(H,16,19)/t13-,14?/m0/s1. The van der Waals surface area contributed by atoms with Crippen molar-refractivity contribution in [2.45, 2.75) is 31.8 Å². The van der Waals surface area contributed by atoms with Gasteiger partial charge in [-0.3, -0.25) is 9.59 Å². The van der Waals surface area contributed by atoms with Crippen molar-refractivity contribution in [1.82, 2.24) is 10.2 Å². The zero-order valence-corrected chi connectivity index (χ0v) is 11.4. The number of nitrogens with zero attached hydrogens (tertiary/aromatic N) is 1. The van der Waals surface area contributed by atoms with E-state index in [0.29, 0.717) is 13.0 Å². The third kappa shape index (κ3) is 3.04. The third-order valence-electron chi connectivity index (χ3n) is 3.47. The van der Waals surface area contributed by atoms with Crippen molar-refractivity contribution in [2.75, 3.05) is 6.54 Å². The van der Waals surface area contributed by atoms with Gasteiger partial charge in [0.1, 0.15) is 12.3 Å². The molecule has 1 aromatic carbocycles. The number of carbonyl (C=O) groups excluding carboxylic acids is 3. The summed E-state index contributed by atoms with van der Waals surface area (Å²) in [7, 11) is 0. The van der Waals surface area contributed by atoms with Crippen LogP contribution in [0.2, 0.25) is 0 Å². The first-order chi connectivity index (χ1) is 9.63. The predicted octanol–water partition coefficient (Wildman–Crippen LogP) is 1.05. The van der Waals surface area contributed by atoms with Crippen LogP contribution in [0.1, 0.15) is 31.4 Å². The molecular weight excluding hydrogens is 256 g/mol. The number of hydrogen-bond acceptors (Lipinski definition) is 3. The summed E-state index contributed by atoms with van der Waals surface area (Å²) in [5.41, 5.74) is 0.726. The second-order valence-electron chi connectivity index (χ2n) is 4.92. The quantitative estimate of drug-likeness (QED) is 0.835. The first kappa shape index (κ1) is 14.2. The van der Waals surface area contributed by atoms with E-state index in [1.807, 2.05) is 18.2 Å². The van der Waals surface area contributed by atoms with E-state index >= 15 is 0 Å². The first-order valence-corrected chi connectivity index (χ1v) is 6.71. The summed E-state index contributed by atoms with van der Waals surface area (Å²) in [5, 5.41) is 2.67. The van der Waals surface area contributed by atoms with Crippen molar-refractivity contribution >= 4 is 18.1 Å². The first-order valence-electron chi connectivity index (χ1n) is 6.71. The molecule has 0 aliphatic carbocycles. The van der Waals surface area contributed by atoms with Crippen LogP contribution in [0, 0.1) is 0 Å². The number of likely N-dealkylation sites (tertiary alicyclic amines) is 1. The lowest BCUT2D eigenvalue weighted by Gasteiger charge is -2.26. The number of hydrogen-bond donors (Lipinski definition) is 1. The molecule has 2 atom stereocenters. The summed E-state index contributed by atoms with van der Waals surface area (Å²) in [4.78, 5) is 36.5. The molecule has 5 heteroatoms. The van der Waals surface area contributed by atoms with E-state index in [0.717, 1.165) is 18.3 Å². The number of aldehydes is 1. The molecule has 0 bridgehead atoms. The second kappa shape index (κ2) is 6.32. The lowest BCUT2D eigenvalue weighted by molar-refractivity contribution is -0.138. The Morgan fingerprint density at radius 2 is 2.05 bits per heavy atom. The van der Waals surface area contributed by atoms with Crippen molar-refractivity contribution < 1.29 is 14.4 Å². The van der Waals surface area contributed by atoms with Gasteiger partial charge in [-0.15, -0.1) is 0 Å². The topological polar surface area (TPSA) is 66.5 Å². The average Bonchev–Trinajstić information content (AvgIpc) is 2.93. The van der Waals surface area contributed by atoms with Crippen molar-refractivity contribution in [2.24, 2.45) is 0 Å². The van der Waals surface area contributed by atoms with Crippen LogP contribution in [0.15, 0.2) is 30.3 Å². The van der Waals surface area contributed by atoms with Crippen LogP contribution in [-0.2, 0) is 14.4 Å². The minimum atomic E-state index is -0.728. The maximum atomic E-state index is 12.6. The predicted molar refractivity (Wildman–Crippen MR) is 73.8 cm³/mol. The Kier molecular flexibility index (Phi) is 4.50. The van der Waals surface area contributed by atoms with Gasteiger partial charge in [0.15, 0.2) is 0 Å². The summed E-state index contributed by atoms with van der Waals surface area (Å²) in [6.45, 7) is 1.94. The second-order valence-corrected chi connectivity index (χ2v) is 4.92. The maximum absolute atomic E-state index is 12.6. The number of carbonyl (C=O) groups is 3. The molecule has 2 rings (SSSR count). The van der Waals surface area contributed by atoms with Gasteiger partial charge in [0.25, 0.3) is 0 Å². The number of benzene rings is 1. The van der Waals surface area contributed by atoms with Crippen molar-refractivity contribution in [3.8, 4) is 0 Å². The van der Waals surface area contributed by atoms with Gasteiger partial charge in [0.05, 0.1) is 6.04 Å². The van der Waals surface area contributed by atoms with Crippen LogP contribution in [0.5, 0.6) is 0 Å². The molecule has 1 aromatic rings. The molecule has 1 fully saturated rings. The number of nitrogens with one attached hydrogen (secondary N) is 1. The van der Waals surface area contributed by atoms with Gasteiger partial charge < -0.3 is 15.0 Å². The van der Waals surface area contributed by atoms with E-state index in [4.69, 9.17) is 0 Å². The van der Waals surface area contributed by atoms with Gasteiger partial charge in [0, 0.05) is 13.5 Å². The van der Waals surface area contributed by atoms with Crippen LogP contribution in [0.4, 0.5) is 0 Å².